The van der Waals surface area contributed by atoms with Crippen molar-refractivity contribution >= 4 is 0 Å². The van der Waals surface area contributed by atoms with E-state index in [2.05, 4.69) is 5.32 Å². The fraction of sp³-hybridized carbons (Fsp3) is 0.600. The second-order valence-corrected chi connectivity index (χ2v) is 5.85. The Morgan fingerprint density at radius 3 is 2.65 bits per heavy atom. The maximum atomic E-state index is 13.1. The summed E-state index contributed by atoms with van der Waals surface area (Å²) < 4.78 is 31.5. The average Bonchev–Trinajstić information content (AvgIpc) is 3.17. The van der Waals surface area contributed by atoms with Crippen LogP contribution >= 0.6 is 0 Å². The Morgan fingerprint density at radius 1 is 1.40 bits per heavy atom. The molecule has 2 rings (SSSR count). The van der Waals surface area contributed by atoms with Crippen molar-refractivity contribution in [1.82, 2.24) is 5.32 Å². The van der Waals surface area contributed by atoms with E-state index in [0.717, 1.165) is 25.0 Å². The van der Waals surface area contributed by atoms with Crippen molar-refractivity contribution in [3.63, 3.8) is 0 Å². The fourth-order valence-corrected chi connectivity index (χ4v) is 2.35. The molecule has 2 unspecified atom stereocenters. The molecule has 2 N–H and O–H groups in total. The monoisotopic (exact) mass is 285 g/mol. The fourth-order valence-electron chi connectivity index (χ4n) is 2.35. The van der Waals surface area contributed by atoms with E-state index < -0.39 is 17.2 Å². The van der Waals surface area contributed by atoms with Gasteiger partial charge in [0.05, 0.1) is 12.7 Å². The minimum atomic E-state index is -0.921. The molecule has 0 bridgehead atoms. The van der Waals surface area contributed by atoms with Crippen molar-refractivity contribution in [3.8, 4) is 5.75 Å². The molecule has 1 saturated carbocycles. The van der Waals surface area contributed by atoms with Gasteiger partial charge in [-0.1, -0.05) is 0 Å². The van der Waals surface area contributed by atoms with E-state index in [1.807, 2.05) is 13.8 Å². The zero-order valence-corrected chi connectivity index (χ0v) is 11.8. The molecule has 3 nitrogen and oxygen atoms in total. The van der Waals surface area contributed by atoms with Crippen LogP contribution < -0.4 is 10.1 Å². The average molecular weight is 285 g/mol. The van der Waals surface area contributed by atoms with Crippen LogP contribution in [0.5, 0.6) is 5.75 Å². The maximum absolute atomic E-state index is 13.1. The van der Waals surface area contributed by atoms with E-state index in [1.54, 1.807) is 0 Å². The first-order valence-electron chi connectivity index (χ1n) is 6.92. The third-order valence-electron chi connectivity index (χ3n) is 3.45. The predicted molar refractivity (Wildman–Crippen MR) is 72.7 cm³/mol. The van der Waals surface area contributed by atoms with Crippen LogP contribution in [0, 0.1) is 11.6 Å². The minimum Gasteiger partial charge on any atom is -0.491 e. The Bertz CT molecular complexity index is 465. The second kappa shape index (κ2) is 6.06. The van der Waals surface area contributed by atoms with Crippen molar-refractivity contribution in [3.05, 3.63) is 29.8 Å². The number of aliphatic hydroxyl groups is 1. The van der Waals surface area contributed by atoms with Crippen molar-refractivity contribution in [2.75, 3.05) is 6.61 Å². The molecule has 5 heteroatoms. The number of halogens is 2. The highest BCUT2D eigenvalue weighted by Gasteiger charge is 2.33. The standard InChI is InChI=1S/C15H21F2NO2/c1-10(8-15(2,9-19)18-11-3-4-11)20-12-5-6-13(16)14(17)7-12/h5-7,10-11,18-19H,3-4,8-9H2,1-2H3. The molecule has 1 aliphatic carbocycles. The Labute approximate surface area is 117 Å². The van der Waals surface area contributed by atoms with E-state index in [1.165, 1.54) is 6.07 Å². The van der Waals surface area contributed by atoms with Crippen LogP contribution in [-0.4, -0.2) is 29.4 Å². The SMILES string of the molecule is CC(CC(C)(CO)NC1CC1)Oc1ccc(F)c(F)c1. The van der Waals surface area contributed by atoms with E-state index in [9.17, 15) is 13.9 Å². The Hall–Kier alpha value is -1.20. The lowest BCUT2D eigenvalue weighted by Gasteiger charge is -2.32. The van der Waals surface area contributed by atoms with Crippen LogP contribution in [0.15, 0.2) is 18.2 Å². The molecule has 1 aliphatic rings. The first kappa shape index (κ1) is 15.2. The van der Waals surface area contributed by atoms with E-state index in [0.29, 0.717) is 18.2 Å². The number of hydrogen-bond donors (Lipinski definition) is 2. The summed E-state index contributed by atoms with van der Waals surface area (Å²) in [5.41, 5.74) is -0.418. The summed E-state index contributed by atoms with van der Waals surface area (Å²) in [5, 5.41) is 12.9. The van der Waals surface area contributed by atoms with Crippen molar-refractivity contribution in [2.24, 2.45) is 0 Å². The van der Waals surface area contributed by atoms with Gasteiger partial charge in [0.2, 0.25) is 0 Å². The van der Waals surface area contributed by atoms with Gasteiger partial charge in [-0.3, -0.25) is 0 Å². The first-order chi connectivity index (χ1) is 9.42. The molecular formula is C15H21F2NO2. The molecule has 0 saturated heterocycles. The van der Waals surface area contributed by atoms with Gasteiger partial charge < -0.3 is 15.2 Å². The molecular weight excluding hydrogens is 264 g/mol. The maximum Gasteiger partial charge on any atom is 0.162 e. The number of hydrogen-bond acceptors (Lipinski definition) is 3. The Balaban J connectivity index is 1.92. The van der Waals surface area contributed by atoms with Crippen LogP contribution in [0.25, 0.3) is 0 Å². The van der Waals surface area contributed by atoms with Gasteiger partial charge in [-0.25, -0.2) is 8.78 Å². The normalized spacial score (nSPS) is 19.4. The van der Waals surface area contributed by atoms with E-state index in [4.69, 9.17) is 4.74 Å². The van der Waals surface area contributed by atoms with Gasteiger partial charge in [-0.05, 0) is 38.8 Å². The highest BCUT2D eigenvalue weighted by Crippen LogP contribution is 2.26. The summed E-state index contributed by atoms with van der Waals surface area (Å²) in [4.78, 5) is 0. The highest BCUT2D eigenvalue weighted by atomic mass is 19.2. The zero-order valence-electron chi connectivity index (χ0n) is 11.8. The topological polar surface area (TPSA) is 41.5 Å². The van der Waals surface area contributed by atoms with Gasteiger partial charge in [-0.2, -0.15) is 0 Å². The molecule has 112 valence electrons. The van der Waals surface area contributed by atoms with Gasteiger partial charge in [0.25, 0.3) is 0 Å². The molecule has 0 amide bonds. The first-order valence-corrected chi connectivity index (χ1v) is 6.92. The predicted octanol–water partition coefficient (Wildman–Crippen LogP) is 2.63. The Kier molecular flexibility index (Phi) is 4.60. The van der Waals surface area contributed by atoms with Gasteiger partial charge in [-0.15, -0.1) is 0 Å². The lowest BCUT2D eigenvalue weighted by atomic mass is 9.95. The van der Waals surface area contributed by atoms with Gasteiger partial charge in [0.15, 0.2) is 11.6 Å². The lowest BCUT2D eigenvalue weighted by Crippen LogP contribution is -2.49. The zero-order chi connectivity index (χ0) is 14.8. The lowest BCUT2D eigenvalue weighted by molar-refractivity contribution is 0.108. The van der Waals surface area contributed by atoms with Crippen LogP contribution in [-0.2, 0) is 0 Å². The number of rotatable bonds is 7. The van der Waals surface area contributed by atoms with Crippen LogP contribution in [0.1, 0.15) is 33.1 Å². The summed E-state index contributed by atoms with van der Waals surface area (Å²) >= 11 is 0. The second-order valence-electron chi connectivity index (χ2n) is 5.85. The number of ether oxygens (including phenoxy) is 1. The quantitative estimate of drug-likeness (QED) is 0.809. The summed E-state index contributed by atoms with van der Waals surface area (Å²) in [6.07, 6.45) is 2.63. The highest BCUT2D eigenvalue weighted by molar-refractivity contribution is 5.23. The smallest absolute Gasteiger partial charge is 0.162 e. The van der Waals surface area contributed by atoms with E-state index in [-0.39, 0.29) is 12.7 Å². The largest absolute Gasteiger partial charge is 0.491 e. The number of nitrogens with one attached hydrogen (secondary N) is 1. The molecule has 0 radical (unpaired) electrons. The van der Waals surface area contributed by atoms with Gasteiger partial charge >= 0.3 is 0 Å². The number of aliphatic hydroxyl groups excluding tert-OH is 1. The summed E-state index contributed by atoms with van der Waals surface area (Å²) in [7, 11) is 0. The molecule has 0 aromatic heterocycles. The summed E-state index contributed by atoms with van der Waals surface area (Å²) in [6, 6.07) is 3.96. The van der Waals surface area contributed by atoms with Gasteiger partial charge in [0, 0.05) is 24.1 Å². The molecule has 0 heterocycles. The third kappa shape index (κ3) is 4.15. The minimum absolute atomic E-state index is 0.00891. The van der Waals surface area contributed by atoms with E-state index >= 15 is 0 Å². The van der Waals surface area contributed by atoms with Crippen LogP contribution in [0.4, 0.5) is 8.78 Å². The van der Waals surface area contributed by atoms with Gasteiger partial charge in [0.1, 0.15) is 5.75 Å². The molecule has 20 heavy (non-hydrogen) atoms. The van der Waals surface area contributed by atoms with Crippen LogP contribution in [0.2, 0.25) is 0 Å². The molecule has 1 fully saturated rings. The molecule has 1 aromatic rings. The van der Waals surface area contributed by atoms with Crippen molar-refractivity contribution in [1.29, 1.82) is 0 Å². The summed E-state index contributed by atoms with van der Waals surface area (Å²) in [6.45, 7) is 3.80. The molecule has 0 spiro atoms. The van der Waals surface area contributed by atoms with Crippen LogP contribution in [0.3, 0.4) is 0 Å². The van der Waals surface area contributed by atoms with Crippen molar-refractivity contribution < 1.29 is 18.6 Å². The third-order valence-corrected chi connectivity index (χ3v) is 3.45. The molecule has 0 aliphatic heterocycles. The Morgan fingerprint density at radius 2 is 2.10 bits per heavy atom. The van der Waals surface area contributed by atoms with Crippen molar-refractivity contribution in [2.45, 2.75) is 50.8 Å². The molecule has 2 atom stereocenters. The molecule has 1 aromatic carbocycles. The number of benzene rings is 1. The summed E-state index contributed by atoms with van der Waals surface area (Å²) in [5.74, 6) is -1.51.